The van der Waals surface area contributed by atoms with E-state index < -0.39 is 0 Å². The lowest BCUT2D eigenvalue weighted by atomic mass is 10.1. The highest BCUT2D eigenvalue weighted by Gasteiger charge is 2.49. The van der Waals surface area contributed by atoms with Crippen LogP contribution >= 0.6 is 11.3 Å². The van der Waals surface area contributed by atoms with Crippen LogP contribution in [-0.4, -0.2) is 39.5 Å². The number of amides is 1. The van der Waals surface area contributed by atoms with Crippen LogP contribution in [0.3, 0.4) is 0 Å². The van der Waals surface area contributed by atoms with E-state index >= 15 is 0 Å². The molecule has 3 atom stereocenters. The first-order valence-corrected chi connectivity index (χ1v) is 8.48. The molecular weight excluding hydrogens is 298 g/mol. The second-order valence-corrected chi connectivity index (χ2v) is 6.55. The number of aromatic nitrogens is 2. The third-order valence-electron chi connectivity index (χ3n) is 4.57. The van der Waals surface area contributed by atoms with E-state index in [-0.39, 0.29) is 18.1 Å². The molecule has 2 bridgehead atoms. The zero-order valence-corrected chi connectivity index (χ0v) is 12.9. The van der Waals surface area contributed by atoms with Gasteiger partial charge >= 0.3 is 0 Å². The van der Waals surface area contributed by atoms with E-state index in [1.54, 1.807) is 11.7 Å². The Labute approximate surface area is 133 Å². The van der Waals surface area contributed by atoms with Crippen LogP contribution in [-0.2, 0) is 11.3 Å². The summed E-state index contributed by atoms with van der Waals surface area (Å²) in [6.45, 7) is 1.30. The van der Waals surface area contributed by atoms with Gasteiger partial charge in [0.05, 0.1) is 30.0 Å². The van der Waals surface area contributed by atoms with Crippen LogP contribution in [0.5, 0.6) is 0 Å². The highest BCUT2D eigenvalue weighted by Crippen LogP contribution is 2.40. The molecule has 1 saturated heterocycles. The number of fused-ring (bicyclic) bond motifs is 2. The third-order valence-corrected chi connectivity index (χ3v) is 5.16. The lowest BCUT2D eigenvalue weighted by Gasteiger charge is -2.26. The summed E-state index contributed by atoms with van der Waals surface area (Å²) < 4.78 is 6.10. The number of likely N-dealkylation sites (tertiary alicyclic amines) is 1. The van der Waals surface area contributed by atoms with Crippen LogP contribution in [0.15, 0.2) is 35.3 Å². The van der Waals surface area contributed by atoms with Gasteiger partial charge in [0.2, 0.25) is 0 Å². The van der Waals surface area contributed by atoms with Gasteiger partial charge in [0, 0.05) is 24.0 Å². The van der Waals surface area contributed by atoms with Gasteiger partial charge in [-0.25, -0.2) is 4.98 Å². The molecule has 0 N–H and O–H groups in total. The molecule has 0 aromatic carbocycles. The first kappa shape index (κ1) is 13.8. The van der Waals surface area contributed by atoms with E-state index in [9.17, 15) is 4.79 Å². The van der Waals surface area contributed by atoms with Crippen LogP contribution in [0, 0.1) is 5.92 Å². The van der Waals surface area contributed by atoms with E-state index in [1.165, 1.54) is 11.3 Å². The third kappa shape index (κ3) is 2.42. The van der Waals surface area contributed by atoms with Crippen molar-refractivity contribution in [2.45, 2.75) is 31.6 Å². The van der Waals surface area contributed by atoms with Crippen molar-refractivity contribution in [3.63, 3.8) is 0 Å². The maximum atomic E-state index is 12.5. The van der Waals surface area contributed by atoms with Gasteiger partial charge in [-0.15, -0.1) is 11.3 Å². The number of thiazole rings is 1. The van der Waals surface area contributed by atoms with E-state index in [0.717, 1.165) is 25.1 Å². The standard InChI is InChI=1S/C16H17N3O2S/c20-16(13-9-22-10-18-13)19-7-11-4-5-14(19)15(11)21-8-12-3-1-2-6-17-12/h1-3,6,9-11,14-15H,4-5,7-8H2. The van der Waals surface area contributed by atoms with E-state index in [4.69, 9.17) is 4.74 Å². The van der Waals surface area contributed by atoms with Crippen molar-refractivity contribution in [2.24, 2.45) is 5.92 Å². The van der Waals surface area contributed by atoms with Gasteiger partial charge in [0.25, 0.3) is 5.91 Å². The molecule has 1 saturated carbocycles. The summed E-state index contributed by atoms with van der Waals surface area (Å²) in [5.41, 5.74) is 3.20. The Morgan fingerprint density at radius 3 is 3.09 bits per heavy atom. The van der Waals surface area contributed by atoms with E-state index in [0.29, 0.717) is 18.2 Å². The summed E-state index contributed by atoms with van der Waals surface area (Å²) in [5, 5.41) is 1.82. The van der Waals surface area contributed by atoms with Gasteiger partial charge in [-0.05, 0) is 25.0 Å². The Bertz CT molecular complexity index is 647. The number of carbonyl (C=O) groups is 1. The fourth-order valence-corrected chi connectivity index (χ4v) is 4.08. The molecule has 4 rings (SSSR count). The average molecular weight is 315 g/mol. The first-order valence-electron chi connectivity index (χ1n) is 7.53. The van der Waals surface area contributed by atoms with Crippen molar-refractivity contribution in [3.05, 3.63) is 46.7 Å². The largest absolute Gasteiger partial charge is 0.369 e. The number of carbonyl (C=O) groups excluding carboxylic acids is 1. The minimum absolute atomic E-state index is 0.0416. The number of ether oxygens (including phenoxy) is 1. The monoisotopic (exact) mass is 315 g/mol. The van der Waals surface area contributed by atoms with Crippen LogP contribution in [0.4, 0.5) is 0 Å². The van der Waals surface area contributed by atoms with Crippen molar-refractivity contribution in [2.75, 3.05) is 6.54 Å². The molecule has 114 valence electrons. The number of nitrogens with zero attached hydrogens (tertiary/aromatic N) is 3. The molecule has 3 heterocycles. The summed E-state index contributed by atoms with van der Waals surface area (Å²) in [6.07, 6.45) is 4.07. The molecule has 0 radical (unpaired) electrons. The number of hydrogen-bond donors (Lipinski definition) is 0. The molecule has 5 nitrogen and oxygen atoms in total. The highest BCUT2D eigenvalue weighted by atomic mass is 32.1. The summed E-state index contributed by atoms with van der Waals surface area (Å²) in [6, 6.07) is 6.02. The first-order chi connectivity index (χ1) is 10.8. The number of rotatable bonds is 4. The number of piperidine rings is 1. The Morgan fingerprint density at radius 1 is 1.36 bits per heavy atom. The van der Waals surface area contributed by atoms with Crippen LogP contribution in [0.2, 0.25) is 0 Å². The molecule has 0 spiro atoms. The molecule has 2 fully saturated rings. The number of pyridine rings is 1. The van der Waals surface area contributed by atoms with Gasteiger partial charge in [0.1, 0.15) is 5.69 Å². The zero-order valence-electron chi connectivity index (χ0n) is 12.1. The molecule has 6 heteroatoms. The molecule has 3 unspecified atom stereocenters. The fraction of sp³-hybridized carbons (Fsp3) is 0.438. The normalized spacial score (nSPS) is 26.5. The summed E-state index contributed by atoms with van der Waals surface area (Å²) in [5.74, 6) is 0.483. The van der Waals surface area contributed by atoms with Crippen molar-refractivity contribution in [1.82, 2.24) is 14.9 Å². The summed E-state index contributed by atoms with van der Waals surface area (Å²) >= 11 is 1.46. The molecule has 2 aromatic heterocycles. The Kier molecular flexibility index (Phi) is 3.63. The second-order valence-electron chi connectivity index (χ2n) is 5.83. The van der Waals surface area contributed by atoms with Crippen LogP contribution < -0.4 is 0 Å². The van der Waals surface area contributed by atoms with Gasteiger partial charge in [-0.2, -0.15) is 0 Å². The highest BCUT2D eigenvalue weighted by molar-refractivity contribution is 7.07. The van der Waals surface area contributed by atoms with Crippen molar-refractivity contribution < 1.29 is 9.53 Å². The maximum absolute atomic E-state index is 12.5. The molecule has 1 aliphatic carbocycles. The quantitative estimate of drug-likeness (QED) is 0.869. The Balaban J connectivity index is 1.44. The maximum Gasteiger partial charge on any atom is 0.273 e. The van der Waals surface area contributed by atoms with Crippen molar-refractivity contribution >= 4 is 17.2 Å². The summed E-state index contributed by atoms with van der Waals surface area (Å²) in [7, 11) is 0. The molecular formula is C16H17N3O2S. The molecule has 2 aliphatic rings. The predicted molar refractivity (Wildman–Crippen MR) is 82.5 cm³/mol. The predicted octanol–water partition coefficient (Wildman–Crippen LogP) is 2.36. The SMILES string of the molecule is O=C(c1cscn1)N1CC2CCC1C2OCc1ccccn1. The Hall–Kier alpha value is -1.79. The molecule has 1 aliphatic heterocycles. The van der Waals surface area contributed by atoms with E-state index in [1.807, 2.05) is 28.5 Å². The van der Waals surface area contributed by atoms with Gasteiger partial charge in [0.15, 0.2) is 0 Å². The molecule has 22 heavy (non-hydrogen) atoms. The zero-order chi connectivity index (χ0) is 14.9. The topological polar surface area (TPSA) is 55.3 Å². The van der Waals surface area contributed by atoms with E-state index in [2.05, 4.69) is 9.97 Å². The molecule has 2 aromatic rings. The smallest absolute Gasteiger partial charge is 0.273 e. The van der Waals surface area contributed by atoms with Gasteiger partial charge in [-0.3, -0.25) is 9.78 Å². The summed E-state index contributed by atoms with van der Waals surface area (Å²) in [4.78, 5) is 22.9. The van der Waals surface area contributed by atoms with Gasteiger partial charge < -0.3 is 9.64 Å². The van der Waals surface area contributed by atoms with Crippen LogP contribution in [0.1, 0.15) is 29.0 Å². The average Bonchev–Trinajstić information content (AvgIpc) is 3.29. The second kappa shape index (κ2) is 5.78. The minimum Gasteiger partial charge on any atom is -0.369 e. The van der Waals surface area contributed by atoms with Crippen LogP contribution in [0.25, 0.3) is 0 Å². The Morgan fingerprint density at radius 2 is 2.32 bits per heavy atom. The van der Waals surface area contributed by atoms with Crippen molar-refractivity contribution in [3.8, 4) is 0 Å². The van der Waals surface area contributed by atoms with Crippen molar-refractivity contribution in [1.29, 1.82) is 0 Å². The lowest BCUT2D eigenvalue weighted by molar-refractivity contribution is 0.0144. The van der Waals surface area contributed by atoms with Gasteiger partial charge in [-0.1, -0.05) is 6.07 Å². The number of hydrogen-bond acceptors (Lipinski definition) is 5. The minimum atomic E-state index is 0.0416. The fourth-order valence-electron chi connectivity index (χ4n) is 3.56. The lowest BCUT2D eigenvalue weighted by Crippen LogP contribution is -2.40. The molecule has 1 amide bonds.